The molecule has 0 spiro atoms. The molecule has 1 aromatic rings. The molecule has 18 heavy (non-hydrogen) atoms. The van der Waals surface area contributed by atoms with Crippen molar-refractivity contribution in [3.05, 3.63) is 21.9 Å². The van der Waals surface area contributed by atoms with Crippen LogP contribution in [0.15, 0.2) is 10.7 Å². The number of pyridine rings is 1. The number of hydrogen-bond donors (Lipinski definition) is 0. The van der Waals surface area contributed by atoms with Gasteiger partial charge in [0.2, 0.25) is 0 Å². The average Bonchev–Trinajstić information content (AvgIpc) is 2.13. The van der Waals surface area contributed by atoms with Crippen molar-refractivity contribution in [1.29, 1.82) is 0 Å². The van der Waals surface area contributed by atoms with Crippen molar-refractivity contribution in [3.63, 3.8) is 0 Å². The number of alkyl halides is 7. The molecular formula is C8H3BrClF6NO. The Morgan fingerprint density at radius 2 is 1.78 bits per heavy atom. The van der Waals surface area contributed by atoms with Crippen LogP contribution in [-0.4, -0.2) is 11.3 Å². The maximum atomic E-state index is 12.7. The Bertz CT molecular complexity index is 446. The molecule has 0 unspecified atom stereocenters. The van der Waals surface area contributed by atoms with Gasteiger partial charge in [-0.3, -0.25) is 4.98 Å². The van der Waals surface area contributed by atoms with Gasteiger partial charge in [0.25, 0.3) is 0 Å². The van der Waals surface area contributed by atoms with Gasteiger partial charge in [-0.15, -0.1) is 24.8 Å². The standard InChI is InChI=1S/C8H3BrClF6NO/c9-3-2-17-4(1-10)6(18-8(14,15)16)5(3)7(11,12)13/h2H,1H2. The maximum absolute atomic E-state index is 12.7. The highest BCUT2D eigenvalue weighted by molar-refractivity contribution is 9.10. The molecule has 1 aromatic heterocycles. The third-order valence-electron chi connectivity index (χ3n) is 1.69. The highest BCUT2D eigenvalue weighted by atomic mass is 79.9. The Balaban J connectivity index is 3.47. The van der Waals surface area contributed by atoms with Gasteiger partial charge in [-0.1, -0.05) is 0 Å². The number of rotatable bonds is 2. The average molecular weight is 358 g/mol. The minimum absolute atomic E-state index is 0.649. The van der Waals surface area contributed by atoms with Crippen molar-refractivity contribution in [2.75, 3.05) is 0 Å². The van der Waals surface area contributed by atoms with E-state index in [9.17, 15) is 26.3 Å². The quantitative estimate of drug-likeness (QED) is 0.574. The van der Waals surface area contributed by atoms with Crippen LogP contribution in [0.5, 0.6) is 5.75 Å². The molecule has 0 fully saturated rings. The van der Waals surface area contributed by atoms with Crippen LogP contribution >= 0.6 is 27.5 Å². The van der Waals surface area contributed by atoms with Gasteiger partial charge in [-0.2, -0.15) is 13.2 Å². The summed E-state index contributed by atoms with van der Waals surface area (Å²) in [5.41, 5.74) is -2.25. The van der Waals surface area contributed by atoms with E-state index in [1.807, 2.05) is 0 Å². The summed E-state index contributed by atoms with van der Waals surface area (Å²) in [6.45, 7) is 0. The number of nitrogens with zero attached hydrogens (tertiary/aromatic N) is 1. The van der Waals surface area contributed by atoms with Crippen LogP contribution in [0.1, 0.15) is 11.3 Å². The molecule has 0 atom stereocenters. The van der Waals surface area contributed by atoms with Gasteiger partial charge >= 0.3 is 12.5 Å². The highest BCUT2D eigenvalue weighted by Gasteiger charge is 2.42. The summed E-state index contributed by atoms with van der Waals surface area (Å²) >= 11 is 7.72. The third-order valence-corrected chi connectivity index (χ3v) is 2.54. The van der Waals surface area contributed by atoms with Crippen molar-refractivity contribution in [2.24, 2.45) is 0 Å². The highest BCUT2D eigenvalue weighted by Crippen LogP contribution is 2.44. The topological polar surface area (TPSA) is 22.1 Å². The molecule has 10 heteroatoms. The molecule has 0 radical (unpaired) electrons. The molecule has 0 saturated heterocycles. The van der Waals surface area contributed by atoms with Gasteiger partial charge in [0.15, 0.2) is 5.75 Å². The first-order valence-electron chi connectivity index (χ1n) is 4.12. The van der Waals surface area contributed by atoms with Gasteiger partial charge in [0.1, 0.15) is 5.56 Å². The summed E-state index contributed by atoms with van der Waals surface area (Å²) in [5.74, 6) is -2.10. The van der Waals surface area contributed by atoms with Crippen LogP contribution in [0.25, 0.3) is 0 Å². The van der Waals surface area contributed by atoms with E-state index in [1.54, 1.807) is 0 Å². The van der Waals surface area contributed by atoms with Crippen LogP contribution in [0, 0.1) is 0 Å². The number of hydrogen-bond acceptors (Lipinski definition) is 2. The Hall–Kier alpha value is -0.700. The number of aromatic nitrogens is 1. The van der Waals surface area contributed by atoms with Crippen LogP contribution < -0.4 is 4.74 Å². The zero-order valence-corrected chi connectivity index (χ0v) is 10.5. The van der Waals surface area contributed by atoms with E-state index < -0.39 is 39.9 Å². The Morgan fingerprint density at radius 1 is 1.22 bits per heavy atom. The smallest absolute Gasteiger partial charge is 0.403 e. The third kappa shape index (κ3) is 3.64. The number of ether oxygens (including phenoxy) is 1. The Morgan fingerprint density at radius 3 is 2.17 bits per heavy atom. The summed E-state index contributed by atoms with van der Waals surface area (Å²) in [5, 5.41) is 0. The van der Waals surface area contributed by atoms with Crippen LogP contribution in [0.4, 0.5) is 26.3 Å². The lowest BCUT2D eigenvalue weighted by Gasteiger charge is -2.18. The van der Waals surface area contributed by atoms with Gasteiger partial charge < -0.3 is 4.74 Å². The molecule has 0 aliphatic rings. The second-order valence-electron chi connectivity index (χ2n) is 2.94. The lowest BCUT2D eigenvalue weighted by molar-refractivity contribution is -0.276. The van der Waals surface area contributed by atoms with Crippen LogP contribution in [0.3, 0.4) is 0 Å². The minimum Gasteiger partial charge on any atom is -0.403 e. The van der Waals surface area contributed by atoms with E-state index in [-0.39, 0.29) is 0 Å². The lowest BCUT2D eigenvalue weighted by Crippen LogP contribution is -2.22. The molecule has 1 rings (SSSR count). The van der Waals surface area contributed by atoms with Gasteiger partial charge in [-0.25, -0.2) is 0 Å². The normalized spacial score (nSPS) is 12.7. The van der Waals surface area contributed by atoms with E-state index in [0.717, 1.165) is 0 Å². The molecule has 0 aliphatic carbocycles. The fourth-order valence-electron chi connectivity index (χ4n) is 1.10. The van der Waals surface area contributed by atoms with Gasteiger partial charge in [0, 0.05) is 6.20 Å². The van der Waals surface area contributed by atoms with Crippen molar-refractivity contribution >= 4 is 27.5 Å². The number of halogens is 8. The van der Waals surface area contributed by atoms with E-state index in [1.165, 1.54) is 0 Å². The summed E-state index contributed by atoms with van der Waals surface area (Å²) < 4.78 is 76.9. The summed E-state index contributed by atoms with van der Waals surface area (Å²) in [6.07, 6.45) is -9.60. The van der Waals surface area contributed by atoms with Crippen LogP contribution in [-0.2, 0) is 12.1 Å². The zero-order valence-electron chi connectivity index (χ0n) is 8.16. The monoisotopic (exact) mass is 357 g/mol. The Kier molecular flexibility index (Phi) is 4.37. The predicted molar refractivity (Wildman–Crippen MR) is 53.2 cm³/mol. The largest absolute Gasteiger partial charge is 0.573 e. The summed E-state index contributed by atoms with van der Waals surface area (Å²) in [4.78, 5) is 3.35. The summed E-state index contributed by atoms with van der Waals surface area (Å²) in [7, 11) is 0. The van der Waals surface area contributed by atoms with Crippen molar-refractivity contribution in [3.8, 4) is 5.75 Å². The van der Waals surface area contributed by atoms with Gasteiger partial charge in [-0.05, 0) is 15.9 Å². The molecular weight excluding hydrogens is 355 g/mol. The second kappa shape index (κ2) is 5.12. The maximum Gasteiger partial charge on any atom is 0.573 e. The molecule has 0 saturated carbocycles. The first-order valence-corrected chi connectivity index (χ1v) is 5.45. The minimum atomic E-state index is -5.27. The molecule has 0 amide bonds. The molecule has 102 valence electrons. The van der Waals surface area contributed by atoms with Crippen molar-refractivity contribution in [2.45, 2.75) is 18.4 Å². The van der Waals surface area contributed by atoms with Gasteiger partial charge in [0.05, 0.1) is 16.0 Å². The van der Waals surface area contributed by atoms with Crippen LogP contribution in [0.2, 0.25) is 0 Å². The molecule has 2 nitrogen and oxygen atoms in total. The second-order valence-corrected chi connectivity index (χ2v) is 4.06. The van der Waals surface area contributed by atoms with Crippen molar-refractivity contribution < 1.29 is 31.1 Å². The molecule has 0 aliphatic heterocycles. The first kappa shape index (κ1) is 15.4. The van der Waals surface area contributed by atoms with E-state index >= 15 is 0 Å². The molecule has 0 N–H and O–H groups in total. The molecule has 1 heterocycles. The lowest BCUT2D eigenvalue weighted by atomic mass is 10.2. The molecule has 0 bridgehead atoms. The fourth-order valence-corrected chi connectivity index (χ4v) is 1.79. The zero-order chi connectivity index (χ0) is 14.1. The molecule has 0 aromatic carbocycles. The predicted octanol–water partition coefficient (Wildman–Crippen LogP) is 4.50. The fraction of sp³-hybridized carbons (Fsp3) is 0.375. The first-order chi connectivity index (χ1) is 8.06. The van der Waals surface area contributed by atoms with E-state index in [4.69, 9.17) is 11.6 Å². The SMILES string of the molecule is FC(F)(F)Oc1c(CCl)ncc(Br)c1C(F)(F)F. The summed E-state index contributed by atoms with van der Waals surface area (Å²) in [6, 6.07) is 0. The van der Waals surface area contributed by atoms with Crippen molar-refractivity contribution in [1.82, 2.24) is 4.98 Å². The van der Waals surface area contributed by atoms with E-state index in [0.29, 0.717) is 6.20 Å². The Labute approximate surface area is 110 Å². The van der Waals surface area contributed by atoms with E-state index in [2.05, 4.69) is 25.7 Å².